The van der Waals surface area contributed by atoms with Gasteiger partial charge >= 0.3 is 0 Å². The average Bonchev–Trinajstić information content (AvgIpc) is 2.91. The Kier molecular flexibility index (Phi) is 11.8. The molecule has 0 aliphatic heterocycles. The smallest absolute Gasteiger partial charge is 0.258 e. The number of para-hydroxylation sites is 1. The summed E-state index contributed by atoms with van der Waals surface area (Å²) in [6.07, 6.45) is 0.205. The molecule has 1 unspecified atom stereocenters. The zero-order valence-corrected chi connectivity index (χ0v) is 20.8. The molecule has 0 aromatic heterocycles. The summed E-state index contributed by atoms with van der Waals surface area (Å²) in [4.78, 5) is 14.0. The average molecular weight is 493 g/mol. The van der Waals surface area contributed by atoms with E-state index in [1.54, 1.807) is 7.11 Å². The molecule has 2 N–H and O–H groups in total. The Morgan fingerprint density at radius 3 is 2.25 bits per heavy atom. The van der Waals surface area contributed by atoms with Crippen LogP contribution in [0.2, 0.25) is 0 Å². The number of aliphatic hydroxyl groups excluding tert-OH is 1. The minimum absolute atomic E-state index is 0.0309. The van der Waals surface area contributed by atoms with Gasteiger partial charge in [-0.05, 0) is 41.8 Å². The number of methoxy groups -OCH3 is 1. The predicted molar refractivity (Wildman–Crippen MR) is 140 cm³/mol. The van der Waals surface area contributed by atoms with Gasteiger partial charge in [0.15, 0.2) is 6.61 Å². The summed E-state index contributed by atoms with van der Waals surface area (Å²) >= 11 is 0. The quantitative estimate of drug-likeness (QED) is 0.299. The molecule has 7 nitrogen and oxygen atoms in total. The van der Waals surface area contributed by atoms with Crippen molar-refractivity contribution in [3.63, 3.8) is 0 Å². The van der Waals surface area contributed by atoms with Gasteiger partial charge in [-0.3, -0.25) is 9.69 Å². The minimum Gasteiger partial charge on any atom is -0.491 e. The lowest BCUT2D eigenvalue weighted by Gasteiger charge is -2.25. The standard InChI is InChI=1S/C29H36N2O5/c1-34-19-17-30-29(33)23-36-28-14-12-24(13-15-28)16-18-31(20-25-8-4-2-5-9-25)21-26(32)22-35-27-10-6-3-7-11-27/h2-15,26,32H,16-23H2,1H3,(H,30,33). The fraction of sp³-hybridized carbons (Fsp3) is 0.345. The van der Waals surface area contributed by atoms with Gasteiger partial charge < -0.3 is 24.6 Å². The van der Waals surface area contributed by atoms with E-state index in [4.69, 9.17) is 14.2 Å². The van der Waals surface area contributed by atoms with Gasteiger partial charge in [-0.1, -0.05) is 60.7 Å². The summed E-state index contributed by atoms with van der Waals surface area (Å²) in [5.41, 5.74) is 2.35. The Hall–Kier alpha value is -3.39. The first-order valence-electron chi connectivity index (χ1n) is 12.2. The number of nitrogens with zero attached hydrogens (tertiary/aromatic N) is 1. The molecular formula is C29H36N2O5. The van der Waals surface area contributed by atoms with Crippen LogP contribution in [0.4, 0.5) is 0 Å². The zero-order chi connectivity index (χ0) is 25.4. The van der Waals surface area contributed by atoms with Crippen molar-refractivity contribution in [3.8, 4) is 11.5 Å². The predicted octanol–water partition coefficient (Wildman–Crippen LogP) is 3.31. The van der Waals surface area contributed by atoms with Gasteiger partial charge in [0.2, 0.25) is 0 Å². The summed E-state index contributed by atoms with van der Waals surface area (Å²) in [6.45, 7) is 3.16. The van der Waals surface area contributed by atoms with Crippen molar-refractivity contribution < 1.29 is 24.1 Å². The molecule has 7 heteroatoms. The monoisotopic (exact) mass is 492 g/mol. The van der Waals surface area contributed by atoms with Crippen LogP contribution in [0.25, 0.3) is 0 Å². The van der Waals surface area contributed by atoms with Crippen molar-refractivity contribution in [2.45, 2.75) is 19.1 Å². The molecule has 3 rings (SSSR count). The van der Waals surface area contributed by atoms with E-state index in [-0.39, 0.29) is 19.1 Å². The molecule has 0 spiro atoms. The summed E-state index contributed by atoms with van der Waals surface area (Å²) in [6, 6.07) is 27.5. The number of carbonyl (C=O) groups is 1. The maximum atomic E-state index is 11.8. The molecule has 0 radical (unpaired) electrons. The molecule has 1 amide bonds. The normalized spacial score (nSPS) is 11.8. The van der Waals surface area contributed by atoms with Crippen LogP contribution in [0.3, 0.4) is 0 Å². The molecule has 0 saturated carbocycles. The fourth-order valence-corrected chi connectivity index (χ4v) is 3.67. The Balaban J connectivity index is 1.49. The third-order valence-corrected chi connectivity index (χ3v) is 5.54. The third kappa shape index (κ3) is 10.5. The summed E-state index contributed by atoms with van der Waals surface area (Å²) in [5.74, 6) is 1.22. The van der Waals surface area contributed by atoms with Crippen LogP contribution in [0.5, 0.6) is 11.5 Å². The lowest BCUT2D eigenvalue weighted by molar-refractivity contribution is -0.123. The van der Waals surface area contributed by atoms with Gasteiger partial charge in [-0.15, -0.1) is 0 Å². The second-order valence-corrected chi connectivity index (χ2v) is 8.52. The van der Waals surface area contributed by atoms with Crippen molar-refractivity contribution in [3.05, 3.63) is 96.1 Å². The van der Waals surface area contributed by atoms with Gasteiger partial charge in [0.1, 0.15) is 24.2 Å². The van der Waals surface area contributed by atoms with E-state index >= 15 is 0 Å². The van der Waals surface area contributed by atoms with Crippen LogP contribution in [-0.4, -0.2) is 68.6 Å². The van der Waals surface area contributed by atoms with Crippen LogP contribution in [0.1, 0.15) is 11.1 Å². The van der Waals surface area contributed by atoms with Gasteiger partial charge in [0, 0.05) is 33.3 Å². The molecule has 0 aliphatic rings. The number of benzene rings is 3. The summed E-state index contributed by atoms with van der Waals surface area (Å²) in [7, 11) is 1.59. The van der Waals surface area contributed by atoms with Crippen molar-refractivity contribution in [2.24, 2.45) is 0 Å². The lowest BCUT2D eigenvalue weighted by Crippen LogP contribution is -2.36. The van der Waals surface area contributed by atoms with Gasteiger partial charge in [-0.25, -0.2) is 0 Å². The number of rotatable bonds is 16. The largest absolute Gasteiger partial charge is 0.491 e. The molecule has 1 atom stereocenters. The second kappa shape index (κ2) is 15.6. The van der Waals surface area contributed by atoms with E-state index in [1.165, 1.54) is 5.56 Å². The summed E-state index contributed by atoms with van der Waals surface area (Å²) in [5, 5.41) is 13.4. The second-order valence-electron chi connectivity index (χ2n) is 8.52. The van der Waals surface area contributed by atoms with E-state index in [0.717, 1.165) is 30.8 Å². The molecule has 3 aromatic rings. The Labute approximate surface area is 213 Å². The highest BCUT2D eigenvalue weighted by Crippen LogP contribution is 2.14. The zero-order valence-electron chi connectivity index (χ0n) is 20.8. The van der Waals surface area contributed by atoms with Crippen LogP contribution < -0.4 is 14.8 Å². The van der Waals surface area contributed by atoms with Crippen molar-refractivity contribution >= 4 is 5.91 Å². The van der Waals surface area contributed by atoms with E-state index < -0.39 is 6.10 Å². The lowest BCUT2D eigenvalue weighted by atomic mass is 10.1. The van der Waals surface area contributed by atoms with Crippen molar-refractivity contribution in [1.82, 2.24) is 10.2 Å². The van der Waals surface area contributed by atoms with Crippen molar-refractivity contribution in [1.29, 1.82) is 0 Å². The van der Waals surface area contributed by atoms with Crippen molar-refractivity contribution in [2.75, 3.05) is 46.6 Å². The van der Waals surface area contributed by atoms with E-state index in [1.807, 2.05) is 72.8 Å². The highest BCUT2D eigenvalue weighted by molar-refractivity contribution is 5.77. The number of nitrogens with one attached hydrogen (secondary N) is 1. The van der Waals surface area contributed by atoms with Gasteiger partial charge in [-0.2, -0.15) is 0 Å². The first kappa shape index (κ1) is 27.2. The Morgan fingerprint density at radius 2 is 1.56 bits per heavy atom. The third-order valence-electron chi connectivity index (χ3n) is 5.54. The van der Waals surface area contributed by atoms with Crippen LogP contribution >= 0.6 is 0 Å². The van der Waals surface area contributed by atoms with Gasteiger partial charge in [0.05, 0.1) is 6.61 Å². The molecule has 0 aliphatic carbocycles. The topological polar surface area (TPSA) is 80.3 Å². The first-order valence-corrected chi connectivity index (χ1v) is 12.2. The number of hydrogen-bond donors (Lipinski definition) is 2. The van der Waals surface area contributed by atoms with Crippen LogP contribution in [0.15, 0.2) is 84.9 Å². The fourth-order valence-electron chi connectivity index (χ4n) is 3.67. The molecule has 192 valence electrons. The van der Waals surface area contributed by atoms with E-state index in [9.17, 15) is 9.90 Å². The minimum atomic E-state index is -0.611. The van der Waals surface area contributed by atoms with E-state index in [2.05, 4.69) is 22.3 Å². The molecular weight excluding hydrogens is 456 g/mol. The van der Waals surface area contributed by atoms with Crippen LogP contribution in [-0.2, 0) is 22.5 Å². The van der Waals surface area contributed by atoms with Crippen LogP contribution in [0, 0.1) is 0 Å². The Morgan fingerprint density at radius 1 is 0.889 bits per heavy atom. The highest BCUT2D eigenvalue weighted by atomic mass is 16.5. The molecule has 0 bridgehead atoms. The summed E-state index contributed by atoms with van der Waals surface area (Å²) < 4.78 is 16.2. The molecule has 0 saturated heterocycles. The molecule has 36 heavy (non-hydrogen) atoms. The SMILES string of the molecule is COCCNC(=O)COc1ccc(CCN(Cc2ccccc2)CC(O)COc2ccccc2)cc1. The number of carbonyl (C=O) groups excluding carboxylic acids is 1. The number of amides is 1. The molecule has 0 heterocycles. The Bertz CT molecular complexity index is 999. The maximum Gasteiger partial charge on any atom is 0.258 e. The maximum absolute atomic E-state index is 11.8. The molecule has 0 fully saturated rings. The number of ether oxygens (including phenoxy) is 3. The number of hydrogen-bond acceptors (Lipinski definition) is 6. The highest BCUT2D eigenvalue weighted by Gasteiger charge is 2.14. The number of aliphatic hydroxyl groups is 1. The first-order chi connectivity index (χ1) is 17.6. The molecule has 3 aromatic carbocycles. The van der Waals surface area contributed by atoms with Gasteiger partial charge in [0.25, 0.3) is 5.91 Å². The van der Waals surface area contributed by atoms with E-state index in [0.29, 0.717) is 25.4 Å².